The van der Waals surface area contributed by atoms with Crippen LogP contribution in [0.5, 0.6) is 5.75 Å². The van der Waals surface area contributed by atoms with Gasteiger partial charge in [0, 0.05) is 12.4 Å². The predicted octanol–water partition coefficient (Wildman–Crippen LogP) is 2.59. The second-order valence-corrected chi connectivity index (χ2v) is 5.23. The molecule has 0 amide bonds. The molecule has 1 aromatic carbocycles. The summed E-state index contributed by atoms with van der Waals surface area (Å²) in [5, 5.41) is 15.7. The molecule has 25 heavy (non-hydrogen) atoms. The third kappa shape index (κ3) is 4.03. The fourth-order valence-corrected chi connectivity index (χ4v) is 2.31. The van der Waals surface area contributed by atoms with Crippen LogP contribution in [0, 0.1) is 11.3 Å². The van der Waals surface area contributed by atoms with Gasteiger partial charge in [-0.25, -0.2) is 4.99 Å². The summed E-state index contributed by atoms with van der Waals surface area (Å²) in [6.07, 6.45) is 5.20. The molecule has 1 aliphatic rings. The highest BCUT2D eigenvalue weighted by atomic mass is 16.5. The average molecular weight is 331 g/mol. The number of guanidine groups is 1. The quantitative estimate of drug-likeness (QED) is 0.842. The van der Waals surface area contributed by atoms with Crippen LogP contribution >= 0.6 is 0 Å². The first-order valence-corrected chi connectivity index (χ1v) is 7.73. The Morgan fingerprint density at radius 3 is 2.76 bits per heavy atom. The third-order valence-corrected chi connectivity index (χ3v) is 3.60. The summed E-state index contributed by atoms with van der Waals surface area (Å²) < 4.78 is 5.15. The largest absolute Gasteiger partial charge is 0.497 e. The highest BCUT2D eigenvalue weighted by Gasteiger charge is 2.12. The van der Waals surface area contributed by atoms with Crippen LogP contribution in [0.15, 0.2) is 71.6 Å². The van der Waals surface area contributed by atoms with E-state index in [2.05, 4.69) is 26.7 Å². The minimum Gasteiger partial charge on any atom is -0.497 e. The lowest BCUT2D eigenvalue weighted by atomic mass is 10.1. The van der Waals surface area contributed by atoms with E-state index in [0.717, 1.165) is 11.3 Å². The zero-order valence-corrected chi connectivity index (χ0v) is 13.7. The number of aromatic nitrogens is 1. The molecule has 0 saturated heterocycles. The lowest BCUT2D eigenvalue weighted by Crippen LogP contribution is -2.37. The zero-order chi connectivity index (χ0) is 17.5. The zero-order valence-electron chi connectivity index (χ0n) is 13.7. The number of ether oxygens (including phenoxy) is 1. The number of hydrogen-bond acceptors (Lipinski definition) is 4. The molecule has 0 atom stereocenters. The Hall–Kier alpha value is -3.59. The number of benzene rings is 1. The molecule has 1 aliphatic heterocycles. The molecular weight excluding hydrogens is 314 g/mol. The Labute approximate surface area is 146 Å². The second kappa shape index (κ2) is 7.79. The van der Waals surface area contributed by atoms with Gasteiger partial charge < -0.3 is 15.4 Å². The molecule has 2 N–H and O–H groups in total. The van der Waals surface area contributed by atoms with Gasteiger partial charge in [-0.3, -0.25) is 4.98 Å². The van der Waals surface area contributed by atoms with Gasteiger partial charge >= 0.3 is 0 Å². The fraction of sp³-hybridized carbons (Fsp3) is 0.105. The maximum absolute atomic E-state index is 9.48. The molecule has 0 bridgehead atoms. The van der Waals surface area contributed by atoms with E-state index in [-0.39, 0.29) is 0 Å². The van der Waals surface area contributed by atoms with Crippen LogP contribution < -0.4 is 15.4 Å². The Balaban J connectivity index is 1.78. The van der Waals surface area contributed by atoms with Crippen molar-refractivity contribution in [3.05, 3.63) is 77.9 Å². The van der Waals surface area contributed by atoms with Crippen molar-refractivity contribution in [2.75, 3.05) is 7.11 Å². The molecule has 1 aromatic heterocycles. The predicted molar refractivity (Wildman–Crippen MR) is 96.3 cm³/mol. The maximum atomic E-state index is 9.48. The molecule has 0 spiro atoms. The van der Waals surface area contributed by atoms with E-state index < -0.39 is 0 Å². The number of allylic oxidation sites excluding steroid dienone is 2. The van der Waals surface area contributed by atoms with Crippen LogP contribution in [0.25, 0.3) is 5.57 Å². The highest BCUT2D eigenvalue weighted by molar-refractivity contribution is 5.89. The molecule has 3 rings (SSSR count). The molecule has 0 fully saturated rings. The van der Waals surface area contributed by atoms with Crippen molar-refractivity contribution in [1.82, 2.24) is 15.6 Å². The van der Waals surface area contributed by atoms with E-state index in [1.807, 2.05) is 36.4 Å². The minimum atomic E-state index is 0.468. The maximum Gasteiger partial charge on any atom is 0.200 e. The Morgan fingerprint density at radius 2 is 2.08 bits per heavy atom. The van der Waals surface area contributed by atoms with Gasteiger partial charge in [-0.1, -0.05) is 18.2 Å². The average Bonchev–Trinajstić information content (AvgIpc) is 2.68. The van der Waals surface area contributed by atoms with Crippen molar-refractivity contribution >= 4 is 11.5 Å². The van der Waals surface area contributed by atoms with Crippen LogP contribution in [0.4, 0.5) is 0 Å². The minimum absolute atomic E-state index is 0.468. The number of methoxy groups -OCH3 is 1. The number of nitriles is 1. The van der Waals surface area contributed by atoms with Gasteiger partial charge in [0.25, 0.3) is 0 Å². The summed E-state index contributed by atoms with van der Waals surface area (Å²) in [4.78, 5) is 8.74. The Kier molecular flexibility index (Phi) is 5.07. The van der Waals surface area contributed by atoms with Crippen molar-refractivity contribution in [2.24, 2.45) is 4.99 Å². The van der Waals surface area contributed by atoms with Crippen LogP contribution in [0.1, 0.15) is 11.3 Å². The number of hydrogen-bond donors (Lipinski definition) is 2. The Bertz CT molecular complexity index is 861. The lowest BCUT2D eigenvalue weighted by molar-refractivity contribution is 0.414. The summed E-state index contributed by atoms with van der Waals surface area (Å²) in [5.74, 6) is 1.39. The number of nitrogens with zero attached hydrogens (tertiary/aromatic N) is 3. The summed E-state index contributed by atoms with van der Waals surface area (Å²) in [6, 6.07) is 15.4. The highest BCUT2D eigenvalue weighted by Crippen LogP contribution is 2.16. The van der Waals surface area contributed by atoms with E-state index in [1.54, 1.807) is 31.6 Å². The lowest BCUT2D eigenvalue weighted by Gasteiger charge is -2.17. The topological polar surface area (TPSA) is 82.3 Å². The van der Waals surface area contributed by atoms with Crippen molar-refractivity contribution in [3.8, 4) is 11.8 Å². The Morgan fingerprint density at radius 1 is 1.24 bits per heavy atom. The van der Waals surface area contributed by atoms with Crippen LogP contribution in [0.2, 0.25) is 0 Å². The molecule has 0 unspecified atom stereocenters. The summed E-state index contributed by atoms with van der Waals surface area (Å²) in [5.41, 5.74) is 2.81. The van der Waals surface area contributed by atoms with E-state index in [4.69, 9.17) is 4.74 Å². The van der Waals surface area contributed by atoms with Crippen molar-refractivity contribution in [3.63, 3.8) is 0 Å². The normalized spacial score (nSPS) is 16.6. The SMILES string of the molecule is COc1ccc(CN=C2NC=C/C(=C(/C#N)c3ccccn3)N2)cc1. The molecule has 124 valence electrons. The van der Waals surface area contributed by atoms with E-state index >= 15 is 0 Å². The van der Waals surface area contributed by atoms with Crippen LogP contribution in [0.3, 0.4) is 0 Å². The first-order valence-electron chi connectivity index (χ1n) is 7.73. The van der Waals surface area contributed by atoms with E-state index in [9.17, 15) is 5.26 Å². The number of nitrogens with one attached hydrogen (secondary N) is 2. The number of pyridine rings is 1. The monoisotopic (exact) mass is 331 g/mol. The smallest absolute Gasteiger partial charge is 0.200 e. The molecule has 6 heteroatoms. The molecule has 0 saturated carbocycles. The van der Waals surface area contributed by atoms with E-state index in [0.29, 0.717) is 29.5 Å². The van der Waals surface area contributed by atoms with Crippen molar-refractivity contribution in [2.45, 2.75) is 6.54 Å². The van der Waals surface area contributed by atoms with Crippen LogP contribution in [-0.4, -0.2) is 18.1 Å². The van der Waals surface area contributed by atoms with Gasteiger partial charge in [0.2, 0.25) is 0 Å². The molecule has 2 aromatic rings. The van der Waals surface area contributed by atoms with Crippen LogP contribution in [-0.2, 0) is 6.54 Å². The van der Waals surface area contributed by atoms with Crippen molar-refractivity contribution in [1.29, 1.82) is 5.26 Å². The summed E-state index contributed by atoms with van der Waals surface area (Å²) in [6.45, 7) is 0.506. The molecular formula is C19H17N5O. The van der Waals surface area contributed by atoms with E-state index in [1.165, 1.54) is 0 Å². The number of rotatable bonds is 4. The standard InChI is InChI=1S/C19H17N5O/c1-25-15-7-5-14(6-8-15)13-23-19-22-11-9-18(24-19)16(12-20)17-4-2-3-10-21-17/h2-11H,13H2,1H3,(H2,22,23,24)/b18-16+. The second-order valence-electron chi connectivity index (χ2n) is 5.23. The summed E-state index contributed by atoms with van der Waals surface area (Å²) >= 11 is 0. The number of aliphatic imine (C=N–C) groups is 1. The van der Waals surface area contributed by atoms with Gasteiger partial charge in [0.1, 0.15) is 17.4 Å². The molecule has 0 aliphatic carbocycles. The van der Waals surface area contributed by atoms with Gasteiger partial charge in [-0.2, -0.15) is 5.26 Å². The van der Waals surface area contributed by atoms with Crippen molar-refractivity contribution < 1.29 is 4.74 Å². The van der Waals surface area contributed by atoms with Gasteiger partial charge in [-0.15, -0.1) is 0 Å². The summed E-state index contributed by atoms with van der Waals surface area (Å²) in [7, 11) is 1.64. The molecule has 0 radical (unpaired) electrons. The third-order valence-electron chi connectivity index (χ3n) is 3.60. The first kappa shape index (κ1) is 16.3. The fourth-order valence-electron chi connectivity index (χ4n) is 2.31. The van der Waals surface area contributed by atoms with Gasteiger partial charge in [0.15, 0.2) is 5.96 Å². The first-order chi connectivity index (χ1) is 12.3. The molecule has 2 heterocycles. The van der Waals surface area contributed by atoms with Gasteiger partial charge in [0.05, 0.1) is 25.0 Å². The van der Waals surface area contributed by atoms with Gasteiger partial charge in [-0.05, 0) is 35.9 Å². The molecule has 6 nitrogen and oxygen atoms in total.